The number of anilines is 1. The third-order valence-electron chi connectivity index (χ3n) is 2.77. The predicted molar refractivity (Wildman–Crippen MR) is 73.8 cm³/mol. The molecule has 0 amide bonds. The number of sulfonamides is 1. The molecule has 1 atom stereocenters. The SMILES string of the molecule is CC(NS(=O)(=O)c1ccc(N)nc1)c1ccccc1F. The molecular formula is C13H14FN3O2S. The second-order valence-electron chi connectivity index (χ2n) is 4.28. The standard InChI is InChI=1S/C13H14FN3O2S/c1-9(11-4-2-3-5-12(11)14)17-20(18,19)10-6-7-13(15)16-8-10/h2-9,17H,1H3,(H2,15,16). The monoisotopic (exact) mass is 295 g/mol. The first kappa shape index (κ1) is 14.4. The summed E-state index contributed by atoms with van der Waals surface area (Å²) < 4.78 is 40.3. The van der Waals surface area contributed by atoms with Crippen molar-refractivity contribution in [1.82, 2.24) is 9.71 Å². The molecule has 1 aromatic heterocycles. The van der Waals surface area contributed by atoms with Crippen LogP contribution >= 0.6 is 0 Å². The zero-order valence-corrected chi connectivity index (χ0v) is 11.6. The van der Waals surface area contributed by atoms with E-state index in [1.54, 1.807) is 19.1 Å². The van der Waals surface area contributed by atoms with Gasteiger partial charge in [-0.25, -0.2) is 22.5 Å². The first-order valence-corrected chi connectivity index (χ1v) is 7.37. The fourth-order valence-electron chi connectivity index (χ4n) is 1.74. The van der Waals surface area contributed by atoms with Crippen LogP contribution in [0.5, 0.6) is 0 Å². The van der Waals surface area contributed by atoms with Crippen molar-refractivity contribution >= 4 is 15.8 Å². The minimum atomic E-state index is -3.78. The van der Waals surface area contributed by atoms with E-state index in [1.807, 2.05) is 0 Å². The van der Waals surface area contributed by atoms with E-state index in [0.29, 0.717) is 0 Å². The Balaban J connectivity index is 2.24. The van der Waals surface area contributed by atoms with Gasteiger partial charge in [-0.3, -0.25) is 0 Å². The molecule has 5 nitrogen and oxygen atoms in total. The van der Waals surface area contributed by atoms with E-state index in [9.17, 15) is 12.8 Å². The molecule has 20 heavy (non-hydrogen) atoms. The Kier molecular flexibility index (Phi) is 4.01. The van der Waals surface area contributed by atoms with E-state index in [1.165, 1.54) is 24.3 Å². The van der Waals surface area contributed by atoms with Gasteiger partial charge in [0, 0.05) is 17.8 Å². The number of hydrogen-bond acceptors (Lipinski definition) is 4. The lowest BCUT2D eigenvalue weighted by atomic mass is 10.1. The zero-order valence-electron chi connectivity index (χ0n) is 10.7. The second-order valence-corrected chi connectivity index (χ2v) is 6.00. The number of pyridine rings is 1. The third kappa shape index (κ3) is 3.12. The summed E-state index contributed by atoms with van der Waals surface area (Å²) in [6.07, 6.45) is 1.16. The molecule has 1 unspecified atom stereocenters. The number of rotatable bonds is 4. The number of nitrogens with two attached hydrogens (primary N) is 1. The highest BCUT2D eigenvalue weighted by molar-refractivity contribution is 7.89. The number of benzene rings is 1. The average Bonchev–Trinajstić information content (AvgIpc) is 2.39. The number of halogens is 1. The van der Waals surface area contributed by atoms with Crippen molar-refractivity contribution in [1.29, 1.82) is 0 Å². The number of nitrogens with zero attached hydrogens (tertiary/aromatic N) is 1. The van der Waals surface area contributed by atoms with Crippen LogP contribution in [0.25, 0.3) is 0 Å². The molecule has 2 aromatic rings. The molecule has 0 bridgehead atoms. The quantitative estimate of drug-likeness (QED) is 0.901. The molecule has 3 N–H and O–H groups in total. The highest BCUT2D eigenvalue weighted by atomic mass is 32.2. The van der Waals surface area contributed by atoms with Crippen molar-refractivity contribution in [3.05, 3.63) is 54.0 Å². The summed E-state index contributed by atoms with van der Waals surface area (Å²) in [5.41, 5.74) is 5.68. The lowest BCUT2D eigenvalue weighted by molar-refractivity contribution is 0.550. The molecule has 0 spiro atoms. The molecule has 0 aliphatic rings. The van der Waals surface area contributed by atoms with Crippen molar-refractivity contribution in [2.24, 2.45) is 0 Å². The van der Waals surface area contributed by atoms with E-state index < -0.39 is 21.9 Å². The summed E-state index contributed by atoms with van der Waals surface area (Å²) in [6, 6.07) is 8.05. The van der Waals surface area contributed by atoms with Crippen LogP contribution in [0.3, 0.4) is 0 Å². The first-order valence-electron chi connectivity index (χ1n) is 5.88. The van der Waals surface area contributed by atoms with Gasteiger partial charge < -0.3 is 5.73 Å². The van der Waals surface area contributed by atoms with Crippen LogP contribution in [0.15, 0.2) is 47.5 Å². The molecule has 0 radical (unpaired) electrons. The smallest absolute Gasteiger partial charge is 0.242 e. The summed E-state index contributed by atoms with van der Waals surface area (Å²) >= 11 is 0. The maximum Gasteiger partial charge on any atom is 0.242 e. The maximum absolute atomic E-state index is 13.6. The average molecular weight is 295 g/mol. The van der Waals surface area contributed by atoms with E-state index in [4.69, 9.17) is 5.73 Å². The van der Waals surface area contributed by atoms with Crippen LogP contribution in [0.2, 0.25) is 0 Å². The van der Waals surface area contributed by atoms with Crippen LogP contribution in [0, 0.1) is 5.82 Å². The van der Waals surface area contributed by atoms with Crippen molar-refractivity contribution in [2.75, 3.05) is 5.73 Å². The van der Waals surface area contributed by atoms with Gasteiger partial charge in [-0.2, -0.15) is 0 Å². The van der Waals surface area contributed by atoms with Gasteiger partial charge in [-0.15, -0.1) is 0 Å². The number of nitrogens with one attached hydrogen (secondary N) is 1. The summed E-state index contributed by atoms with van der Waals surface area (Å²) in [7, 11) is -3.78. The van der Waals surface area contributed by atoms with Gasteiger partial charge in [0.25, 0.3) is 0 Å². The van der Waals surface area contributed by atoms with Gasteiger partial charge in [0.05, 0.1) is 0 Å². The molecule has 1 aromatic carbocycles. The van der Waals surface area contributed by atoms with Crippen LogP contribution in [-0.4, -0.2) is 13.4 Å². The Hall–Kier alpha value is -1.99. The van der Waals surface area contributed by atoms with Crippen molar-refractivity contribution in [2.45, 2.75) is 17.9 Å². The van der Waals surface area contributed by atoms with Crippen LogP contribution < -0.4 is 10.5 Å². The third-order valence-corrected chi connectivity index (χ3v) is 4.30. The van der Waals surface area contributed by atoms with E-state index >= 15 is 0 Å². The Morgan fingerprint density at radius 2 is 1.95 bits per heavy atom. The van der Waals surface area contributed by atoms with Crippen molar-refractivity contribution < 1.29 is 12.8 Å². The highest BCUT2D eigenvalue weighted by Crippen LogP contribution is 2.19. The molecule has 1 heterocycles. The Morgan fingerprint density at radius 1 is 1.25 bits per heavy atom. The summed E-state index contributed by atoms with van der Waals surface area (Å²) in [6.45, 7) is 1.57. The topological polar surface area (TPSA) is 85.1 Å². The van der Waals surface area contributed by atoms with E-state index in [-0.39, 0.29) is 16.3 Å². The number of hydrogen-bond donors (Lipinski definition) is 2. The van der Waals surface area contributed by atoms with Crippen LogP contribution in [0.1, 0.15) is 18.5 Å². The van der Waals surface area contributed by atoms with Crippen molar-refractivity contribution in [3.63, 3.8) is 0 Å². The van der Waals surface area contributed by atoms with Gasteiger partial charge in [0.2, 0.25) is 10.0 Å². The van der Waals surface area contributed by atoms with Crippen molar-refractivity contribution in [3.8, 4) is 0 Å². The van der Waals surface area contributed by atoms with Gasteiger partial charge in [0.15, 0.2) is 0 Å². The molecule has 106 valence electrons. The fraction of sp³-hybridized carbons (Fsp3) is 0.154. The molecule has 2 rings (SSSR count). The molecule has 0 saturated carbocycles. The lowest BCUT2D eigenvalue weighted by Gasteiger charge is -2.15. The zero-order chi connectivity index (χ0) is 14.8. The maximum atomic E-state index is 13.6. The molecule has 0 fully saturated rings. The molecule has 0 saturated heterocycles. The number of aromatic nitrogens is 1. The highest BCUT2D eigenvalue weighted by Gasteiger charge is 2.20. The first-order chi connectivity index (χ1) is 9.40. The van der Waals surface area contributed by atoms with Crippen LogP contribution in [0.4, 0.5) is 10.2 Å². The van der Waals surface area contributed by atoms with Gasteiger partial charge >= 0.3 is 0 Å². The summed E-state index contributed by atoms with van der Waals surface area (Å²) in [4.78, 5) is 3.71. The van der Waals surface area contributed by atoms with Gasteiger partial charge in [-0.05, 0) is 25.1 Å². The van der Waals surface area contributed by atoms with Crippen LogP contribution in [-0.2, 0) is 10.0 Å². The van der Waals surface area contributed by atoms with E-state index in [2.05, 4.69) is 9.71 Å². The Labute approximate surface area is 116 Å². The van der Waals surface area contributed by atoms with E-state index in [0.717, 1.165) is 6.20 Å². The predicted octanol–water partition coefficient (Wildman–Crippen LogP) is 1.84. The minimum absolute atomic E-state index is 0.0186. The lowest BCUT2D eigenvalue weighted by Crippen LogP contribution is -2.27. The van der Waals surface area contributed by atoms with Gasteiger partial charge in [0.1, 0.15) is 16.5 Å². The molecular weight excluding hydrogens is 281 g/mol. The summed E-state index contributed by atoms with van der Waals surface area (Å²) in [5, 5.41) is 0. The fourth-order valence-corrected chi connectivity index (χ4v) is 2.91. The molecule has 0 aliphatic carbocycles. The Bertz CT molecular complexity index is 702. The summed E-state index contributed by atoms with van der Waals surface area (Å²) in [5.74, 6) is -0.232. The van der Waals surface area contributed by atoms with Gasteiger partial charge in [-0.1, -0.05) is 18.2 Å². The molecule has 7 heteroatoms. The largest absolute Gasteiger partial charge is 0.384 e. The minimum Gasteiger partial charge on any atom is -0.384 e. The normalized spacial score (nSPS) is 13.1. The Morgan fingerprint density at radius 3 is 2.55 bits per heavy atom. The molecule has 0 aliphatic heterocycles. The second kappa shape index (κ2) is 5.56. The number of nitrogen functional groups attached to an aromatic ring is 1.